The number of aryl methyl sites for hydroxylation is 1. The van der Waals surface area contributed by atoms with Crippen molar-refractivity contribution < 1.29 is 18.8 Å². The third kappa shape index (κ3) is 6.77. The van der Waals surface area contributed by atoms with Gasteiger partial charge in [0.05, 0.1) is 23.7 Å². The van der Waals surface area contributed by atoms with Crippen LogP contribution in [-0.4, -0.2) is 60.2 Å². The first kappa shape index (κ1) is 25.5. The molecule has 2 aromatic carbocycles. The Balaban J connectivity index is 1.34. The van der Waals surface area contributed by atoms with Gasteiger partial charge in [-0.3, -0.25) is 14.5 Å². The van der Waals surface area contributed by atoms with E-state index in [0.717, 1.165) is 31.4 Å². The van der Waals surface area contributed by atoms with E-state index in [0.29, 0.717) is 49.2 Å². The number of amides is 2. The van der Waals surface area contributed by atoms with Crippen LogP contribution in [0.15, 0.2) is 53.1 Å². The number of nitrogens with one attached hydrogen (secondary N) is 2. The van der Waals surface area contributed by atoms with E-state index in [9.17, 15) is 9.59 Å². The zero-order valence-corrected chi connectivity index (χ0v) is 20.8. The average molecular weight is 492 g/mol. The summed E-state index contributed by atoms with van der Waals surface area (Å²) in [5.41, 5.74) is 3.05. The third-order valence-electron chi connectivity index (χ3n) is 6.25. The van der Waals surface area contributed by atoms with Crippen LogP contribution in [0, 0.1) is 12.8 Å². The molecule has 1 fully saturated rings. The number of methoxy groups -OCH3 is 1. The van der Waals surface area contributed by atoms with E-state index in [4.69, 9.17) is 9.26 Å². The van der Waals surface area contributed by atoms with Crippen molar-refractivity contribution in [2.45, 2.75) is 32.7 Å². The Morgan fingerprint density at radius 1 is 1.17 bits per heavy atom. The number of aromatic nitrogens is 2. The second-order valence-electron chi connectivity index (χ2n) is 9.09. The highest BCUT2D eigenvalue weighted by Crippen LogP contribution is 2.23. The monoisotopic (exact) mass is 491 g/mol. The van der Waals surface area contributed by atoms with Gasteiger partial charge in [0.15, 0.2) is 0 Å². The number of anilines is 1. The lowest BCUT2D eigenvalue weighted by Crippen LogP contribution is -2.40. The standard InChI is InChI=1S/C27H33N5O4/c1-19-10-12-20(13-11-19)25-30-24(36-31-25)18-32-15-5-7-21(17-32)26(33)29-23-9-4-3-8-22(23)27(34)28-14-6-16-35-2/h3-4,8-13,21H,5-7,14-18H2,1-2H3,(H,28,34)(H,29,33). The molecule has 0 radical (unpaired) electrons. The van der Waals surface area contributed by atoms with Crippen LogP contribution in [0.25, 0.3) is 11.4 Å². The molecule has 9 heteroatoms. The molecule has 1 atom stereocenters. The lowest BCUT2D eigenvalue weighted by atomic mass is 9.96. The number of para-hydroxylation sites is 1. The van der Waals surface area contributed by atoms with Crippen molar-refractivity contribution in [1.29, 1.82) is 0 Å². The van der Waals surface area contributed by atoms with Crippen LogP contribution in [0.3, 0.4) is 0 Å². The number of hydrogen-bond donors (Lipinski definition) is 2. The van der Waals surface area contributed by atoms with Crippen LogP contribution in [0.4, 0.5) is 5.69 Å². The normalized spacial score (nSPS) is 16.0. The fraction of sp³-hybridized carbons (Fsp3) is 0.407. The van der Waals surface area contributed by atoms with Gasteiger partial charge in [-0.25, -0.2) is 0 Å². The van der Waals surface area contributed by atoms with Gasteiger partial charge in [-0.15, -0.1) is 0 Å². The van der Waals surface area contributed by atoms with Crippen molar-refractivity contribution in [2.75, 3.05) is 38.7 Å². The quantitative estimate of drug-likeness (QED) is 0.417. The maximum Gasteiger partial charge on any atom is 0.253 e. The lowest BCUT2D eigenvalue weighted by Gasteiger charge is -2.31. The zero-order valence-electron chi connectivity index (χ0n) is 20.8. The predicted octanol–water partition coefficient (Wildman–Crippen LogP) is 3.66. The molecule has 0 saturated carbocycles. The molecule has 0 spiro atoms. The number of carbonyl (C=O) groups is 2. The van der Waals surface area contributed by atoms with Crippen LogP contribution >= 0.6 is 0 Å². The maximum atomic E-state index is 13.1. The van der Waals surface area contributed by atoms with Crippen molar-refractivity contribution in [2.24, 2.45) is 5.92 Å². The van der Waals surface area contributed by atoms with E-state index in [1.54, 1.807) is 25.3 Å². The summed E-state index contributed by atoms with van der Waals surface area (Å²) in [7, 11) is 1.63. The minimum absolute atomic E-state index is 0.0924. The second-order valence-corrected chi connectivity index (χ2v) is 9.09. The Bertz CT molecular complexity index is 1160. The number of likely N-dealkylation sites (tertiary alicyclic amines) is 1. The maximum absolute atomic E-state index is 13.1. The van der Waals surface area contributed by atoms with Crippen LogP contribution in [0.2, 0.25) is 0 Å². The van der Waals surface area contributed by atoms with Crippen molar-refractivity contribution in [3.63, 3.8) is 0 Å². The van der Waals surface area contributed by atoms with Crippen molar-refractivity contribution in [3.8, 4) is 11.4 Å². The fourth-order valence-electron chi connectivity index (χ4n) is 4.28. The third-order valence-corrected chi connectivity index (χ3v) is 6.25. The van der Waals surface area contributed by atoms with Gasteiger partial charge < -0.3 is 19.9 Å². The van der Waals surface area contributed by atoms with E-state index >= 15 is 0 Å². The highest BCUT2D eigenvalue weighted by Gasteiger charge is 2.28. The lowest BCUT2D eigenvalue weighted by molar-refractivity contribution is -0.121. The van der Waals surface area contributed by atoms with Crippen LogP contribution in [-0.2, 0) is 16.1 Å². The topological polar surface area (TPSA) is 110 Å². The van der Waals surface area contributed by atoms with E-state index in [-0.39, 0.29) is 17.7 Å². The number of carbonyl (C=O) groups excluding carboxylic acids is 2. The molecular formula is C27H33N5O4. The molecule has 3 aromatic rings. The Hall–Kier alpha value is -3.56. The molecule has 1 aliphatic heterocycles. The predicted molar refractivity (Wildman–Crippen MR) is 136 cm³/mol. The molecule has 36 heavy (non-hydrogen) atoms. The molecule has 2 N–H and O–H groups in total. The van der Waals surface area contributed by atoms with Gasteiger partial charge in [0, 0.05) is 32.4 Å². The summed E-state index contributed by atoms with van der Waals surface area (Å²) in [5.74, 6) is 0.588. The molecule has 1 aromatic heterocycles. The fourth-order valence-corrected chi connectivity index (χ4v) is 4.28. The Kier molecular flexibility index (Phi) is 8.80. The summed E-state index contributed by atoms with van der Waals surface area (Å²) in [4.78, 5) is 32.4. The van der Waals surface area contributed by atoms with Gasteiger partial charge in [-0.05, 0) is 44.9 Å². The molecule has 1 unspecified atom stereocenters. The van der Waals surface area contributed by atoms with Crippen molar-refractivity contribution >= 4 is 17.5 Å². The number of benzene rings is 2. The first-order valence-corrected chi connectivity index (χ1v) is 12.3. The van der Waals surface area contributed by atoms with Gasteiger partial charge in [0.2, 0.25) is 17.6 Å². The Morgan fingerprint density at radius 3 is 2.78 bits per heavy atom. The Labute approximate surface area is 211 Å². The van der Waals surface area contributed by atoms with Crippen LogP contribution in [0.5, 0.6) is 0 Å². The zero-order chi connectivity index (χ0) is 25.3. The number of piperidine rings is 1. The summed E-state index contributed by atoms with van der Waals surface area (Å²) < 4.78 is 10.5. The van der Waals surface area contributed by atoms with Gasteiger partial charge in [-0.2, -0.15) is 4.98 Å². The summed E-state index contributed by atoms with van der Waals surface area (Å²) >= 11 is 0. The molecular weight excluding hydrogens is 458 g/mol. The van der Waals surface area contributed by atoms with Gasteiger partial charge >= 0.3 is 0 Å². The van der Waals surface area contributed by atoms with Crippen molar-refractivity contribution in [3.05, 3.63) is 65.5 Å². The largest absolute Gasteiger partial charge is 0.385 e. The van der Waals surface area contributed by atoms with E-state index < -0.39 is 0 Å². The molecule has 4 rings (SSSR count). The molecule has 9 nitrogen and oxygen atoms in total. The van der Waals surface area contributed by atoms with Crippen LogP contribution < -0.4 is 10.6 Å². The minimum atomic E-state index is -0.215. The van der Waals surface area contributed by atoms with E-state index in [1.807, 2.05) is 37.3 Å². The van der Waals surface area contributed by atoms with Crippen molar-refractivity contribution in [1.82, 2.24) is 20.4 Å². The minimum Gasteiger partial charge on any atom is -0.385 e. The molecule has 2 heterocycles. The summed E-state index contributed by atoms with van der Waals surface area (Å²) in [6.45, 7) is 5.04. The Morgan fingerprint density at radius 2 is 1.97 bits per heavy atom. The molecule has 1 saturated heterocycles. The smallest absolute Gasteiger partial charge is 0.253 e. The van der Waals surface area contributed by atoms with E-state index in [1.165, 1.54) is 5.56 Å². The van der Waals surface area contributed by atoms with Gasteiger partial charge in [0.1, 0.15) is 0 Å². The number of hydrogen-bond acceptors (Lipinski definition) is 7. The van der Waals surface area contributed by atoms with Gasteiger partial charge in [-0.1, -0.05) is 47.1 Å². The average Bonchev–Trinajstić information content (AvgIpc) is 3.36. The summed E-state index contributed by atoms with van der Waals surface area (Å²) in [6, 6.07) is 15.1. The van der Waals surface area contributed by atoms with Gasteiger partial charge in [0.25, 0.3) is 5.91 Å². The number of ether oxygens (including phenoxy) is 1. The molecule has 190 valence electrons. The summed E-state index contributed by atoms with van der Waals surface area (Å²) in [6.07, 6.45) is 2.39. The molecule has 2 amide bonds. The van der Waals surface area contributed by atoms with E-state index in [2.05, 4.69) is 25.7 Å². The SMILES string of the molecule is COCCCNC(=O)c1ccccc1NC(=O)C1CCCN(Cc2nc(-c3ccc(C)cc3)no2)C1. The first-order valence-electron chi connectivity index (χ1n) is 12.3. The first-order chi connectivity index (χ1) is 17.5. The molecule has 1 aliphatic rings. The number of rotatable bonds is 10. The highest BCUT2D eigenvalue weighted by molar-refractivity contribution is 6.04. The van der Waals surface area contributed by atoms with Crippen LogP contribution in [0.1, 0.15) is 41.1 Å². The molecule has 0 aliphatic carbocycles. The number of nitrogens with zero attached hydrogens (tertiary/aromatic N) is 3. The summed E-state index contributed by atoms with van der Waals surface area (Å²) in [5, 5.41) is 9.96. The highest BCUT2D eigenvalue weighted by atomic mass is 16.5. The molecule has 0 bridgehead atoms. The second kappa shape index (κ2) is 12.4.